The van der Waals surface area contributed by atoms with Gasteiger partial charge in [0.2, 0.25) is 11.8 Å². The maximum Gasteiger partial charge on any atom is 0.255 e. The first-order chi connectivity index (χ1) is 17.1. The lowest BCUT2D eigenvalue weighted by molar-refractivity contribution is -0.125. The number of aliphatic hydroxyl groups is 2. The molecule has 0 unspecified atom stereocenters. The summed E-state index contributed by atoms with van der Waals surface area (Å²) in [5, 5.41) is 35.4. The second kappa shape index (κ2) is 11.9. The first-order valence-corrected chi connectivity index (χ1v) is 12.3. The van der Waals surface area contributed by atoms with Gasteiger partial charge < -0.3 is 36.4 Å². The molecule has 1 aliphatic rings. The zero-order chi connectivity index (χ0) is 26.4. The van der Waals surface area contributed by atoms with E-state index in [1.165, 1.54) is 37.1 Å². The Morgan fingerprint density at radius 3 is 2.44 bits per heavy atom. The van der Waals surface area contributed by atoms with E-state index in [-0.39, 0.29) is 29.7 Å². The van der Waals surface area contributed by atoms with Crippen molar-refractivity contribution in [3.05, 3.63) is 65.2 Å². The number of carbonyl (C=O) groups excluding carboxylic acids is 3. The number of ether oxygens (including phenoxy) is 1. The van der Waals surface area contributed by atoms with Crippen LogP contribution < -0.4 is 21.1 Å². The van der Waals surface area contributed by atoms with E-state index in [9.17, 15) is 29.7 Å². The van der Waals surface area contributed by atoms with Crippen molar-refractivity contribution in [3.63, 3.8) is 0 Å². The summed E-state index contributed by atoms with van der Waals surface area (Å²) in [7, 11) is 1.44. The predicted molar refractivity (Wildman–Crippen MR) is 134 cm³/mol. The molecule has 11 heteroatoms. The number of methoxy groups -OCH3 is 1. The number of primary amides is 1. The van der Waals surface area contributed by atoms with Crippen LogP contribution in [-0.2, 0) is 16.0 Å². The van der Waals surface area contributed by atoms with E-state index < -0.39 is 42.0 Å². The van der Waals surface area contributed by atoms with E-state index in [0.717, 1.165) is 4.90 Å². The number of hydrogen-bond donors (Lipinski definition) is 6. The second-order valence-electron chi connectivity index (χ2n) is 8.32. The number of carbonyl (C=O) groups is 3. The second-order valence-corrected chi connectivity index (χ2v) is 9.20. The Balaban J connectivity index is 1.76. The highest BCUT2D eigenvalue weighted by molar-refractivity contribution is 7.98. The van der Waals surface area contributed by atoms with Crippen LogP contribution in [0.5, 0.6) is 11.5 Å². The third kappa shape index (κ3) is 6.56. The smallest absolute Gasteiger partial charge is 0.255 e. The highest BCUT2D eigenvalue weighted by Gasteiger charge is 2.35. The monoisotopic (exact) mass is 515 g/mol. The van der Waals surface area contributed by atoms with Crippen molar-refractivity contribution >= 4 is 29.5 Å². The van der Waals surface area contributed by atoms with Gasteiger partial charge in [-0.15, -0.1) is 11.8 Å². The molecule has 36 heavy (non-hydrogen) atoms. The van der Waals surface area contributed by atoms with Crippen molar-refractivity contribution in [3.8, 4) is 11.5 Å². The molecular formula is C25H29N3O7S. The Morgan fingerprint density at radius 1 is 1.14 bits per heavy atom. The molecule has 1 aliphatic carbocycles. The lowest BCUT2D eigenvalue weighted by Gasteiger charge is -2.31. The molecule has 0 bridgehead atoms. The largest absolute Gasteiger partial charge is 0.508 e. The maximum atomic E-state index is 12.9. The summed E-state index contributed by atoms with van der Waals surface area (Å²) in [4.78, 5) is 38.7. The third-order valence-corrected chi connectivity index (χ3v) is 6.56. The summed E-state index contributed by atoms with van der Waals surface area (Å²) >= 11 is 1.48. The number of phenols is 1. The summed E-state index contributed by atoms with van der Waals surface area (Å²) in [6, 6.07) is 9.02. The molecule has 0 aliphatic heterocycles. The quantitative estimate of drug-likeness (QED) is 0.262. The van der Waals surface area contributed by atoms with Crippen LogP contribution >= 0.6 is 11.8 Å². The minimum absolute atomic E-state index is 0.0595. The third-order valence-electron chi connectivity index (χ3n) is 5.84. The molecule has 0 saturated heterocycles. The normalized spacial score (nSPS) is 20.1. The Labute approximate surface area is 212 Å². The van der Waals surface area contributed by atoms with Gasteiger partial charge in [-0.1, -0.05) is 18.2 Å². The first kappa shape index (κ1) is 27.1. The van der Waals surface area contributed by atoms with Gasteiger partial charge in [0.25, 0.3) is 5.91 Å². The number of rotatable bonds is 9. The highest BCUT2D eigenvalue weighted by atomic mass is 32.2. The van der Waals surface area contributed by atoms with Crippen molar-refractivity contribution in [2.75, 3.05) is 13.4 Å². The number of nitrogens with two attached hydrogens (primary N) is 1. The Morgan fingerprint density at radius 2 is 1.83 bits per heavy atom. The molecule has 0 aromatic heterocycles. The molecule has 4 atom stereocenters. The van der Waals surface area contributed by atoms with E-state index in [1.807, 2.05) is 6.26 Å². The van der Waals surface area contributed by atoms with Gasteiger partial charge in [-0.3, -0.25) is 14.4 Å². The van der Waals surface area contributed by atoms with Crippen LogP contribution in [0.2, 0.25) is 0 Å². The minimum Gasteiger partial charge on any atom is -0.508 e. The van der Waals surface area contributed by atoms with Crippen LogP contribution in [0.3, 0.4) is 0 Å². The molecule has 2 aromatic carbocycles. The number of thioether (sulfide) groups is 1. The molecular weight excluding hydrogens is 486 g/mol. The van der Waals surface area contributed by atoms with E-state index in [4.69, 9.17) is 10.5 Å². The van der Waals surface area contributed by atoms with E-state index in [0.29, 0.717) is 11.3 Å². The van der Waals surface area contributed by atoms with Gasteiger partial charge in [0, 0.05) is 23.3 Å². The average Bonchev–Trinajstić information content (AvgIpc) is 2.86. The molecule has 10 nitrogen and oxygen atoms in total. The number of nitrogens with one attached hydrogen (secondary N) is 2. The topological polar surface area (TPSA) is 171 Å². The van der Waals surface area contributed by atoms with Crippen molar-refractivity contribution in [2.24, 2.45) is 5.73 Å². The first-order valence-electron chi connectivity index (χ1n) is 11.1. The van der Waals surface area contributed by atoms with Gasteiger partial charge in [-0.25, -0.2) is 0 Å². The average molecular weight is 516 g/mol. The van der Waals surface area contributed by atoms with Crippen LogP contribution in [0, 0.1) is 0 Å². The summed E-state index contributed by atoms with van der Waals surface area (Å²) in [5.41, 5.74) is 6.44. The van der Waals surface area contributed by atoms with Crippen LogP contribution in [0.15, 0.2) is 59.0 Å². The zero-order valence-electron chi connectivity index (χ0n) is 19.8. The highest BCUT2D eigenvalue weighted by Crippen LogP contribution is 2.26. The number of hydrogen-bond acceptors (Lipinski definition) is 8. The van der Waals surface area contributed by atoms with Crippen LogP contribution in [0.4, 0.5) is 0 Å². The van der Waals surface area contributed by atoms with E-state index in [2.05, 4.69) is 10.6 Å². The standard InChI is InChI=1S/C25H29N3O7S/c1-35-21-12-16(36-2)7-8-17(21)25(34)27-18-10-14(11-20(30)22(18)31)24(33)28-19(23(26)32)9-13-3-5-15(29)6-4-13/h3-8,10,12,18-20,22,29-31H,9,11H2,1-2H3,(H2,26,32)(H,27,34)(H,28,33)/t18-,19+,20-,22-/m1/s1. The molecule has 192 valence electrons. The fourth-order valence-electron chi connectivity index (χ4n) is 3.82. The minimum atomic E-state index is -1.36. The lowest BCUT2D eigenvalue weighted by Crippen LogP contribution is -2.52. The number of benzene rings is 2. The van der Waals surface area contributed by atoms with Crippen molar-refractivity contribution in [1.82, 2.24) is 10.6 Å². The molecule has 2 aromatic rings. The molecule has 7 N–H and O–H groups in total. The molecule has 0 fully saturated rings. The van der Waals surface area contributed by atoms with Crippen molar-refractivity contribution in [1.29, 1.82) is 0 Å². The maximum absolute atomic E-state index is 12.9. The fraction of sp³-hybridized carbons (Fsp3) is 0.320. The van der Waals surface area contributed by atoms with Crippen LogP contribution in [0.25, 0.3) is 0 Å². The number of phenolic OH excluding ortho intramolecular Hbond substituents is 1. The van der Waals surface area contributed by atoms with E-state index in [1.54, 1.807) is 30.3 Å². The van der Waals surface area contributed by atoms with Gasteiger partial charge in [0.05, 0.1) is 24.8 Å². The fourth-order valence-corrected chi connectivity index (χ4v) is 4.25. The SMILES string of the molecule is COc1cc(SC)ccc1C(=O)N[C@@H]1C=C(C(=O)N[C@@H](Cc2ccc(O)cc2)C(N)=O)C[C@@H](O)[C@@H]1O. The predicted octanol–water partition coefficient (Wildman–Crippen LogP) is 0.486. The summed E-state index contributed by atoms with van der Waals surface area (Å²) in [5.74, 6) is -1.59. The Hall–Kier alpha value is -3.54. The van der Waals surface area contributed by atoms with Gasteiger partial charge in [-0.05, 0) is 42.2 Å². The summed E-state index contributed by atoms with van der Waals surface area (Å²) in [6.07, 6.45) is 0.462. The molecule has 3 amide bonds. The van der Waals surface area contributed by atoms with Crippen LogP contribution in [-0.4, -0.2) is 70.7 Å². The summed E-state index contributed by atoms with van der Waals surface area (Å²) < 4.78 is 5.30. The van der Waals surface area contributed by atoms with Gasteiger partial charge in [0.15, 0.2) is 0 Å². The molecule has 0 saturated carbocycles. The Bertz CT molecular complexity index is 1150. The molecule has 0 heterocycles. The zero-order valence-corrected chi connectivity index (χ0v) is 20.6. The Kier molecular flexibility index (Phi) is 8.97. The number of aromatic hydroxyl groups is 1. The number of amides is 3. The van der Waals surface area contributed by atoms with E-state index >= 15 is 0 Å². The van der Waals surface area contributed by atoms with Crippen molar-refractivity contribution in [2.45, 2.75) is 42.0 Å². The summed E-state index contributed by atoms with van der Waals surface area (Å²) in [6.45, 7) is 0. The number of aliphatic hydroxyl groups excluding tert-OH is 2. The molecule has 0 spiro atoms. The molecule has 3 rings (SSSR count). The van der Waals surface area contributed by atoms with Crippen LogP contribution in [0.1, 0.15) is 22.3 Å². The molecule has 0 radical (unpaired) electrons. The van der Waals surface area contributed by atoms with Gasteiger partial charge in [0.1, 0.15) is 23.6 Å². The lowest BCUT2D eigenvalue weighted by atomic mass is 9.89. The van der Waals surface area contributed by atoms with Gasteiger partial charge >= 0.3 is 0 Å². The van der Waals surface area contributed by atoms with Gasteiger partial charge in [-0.2, -0.15) is 0 Å². The van der Waals surface area contributed by atoms with Crippen molar-refractivity contribution < 1.29 is 34.4 Å².